The van der Waals surface area contributed by atoms with Crippen LogP contribution in [0.15, 0.2) is 0 Å². The number of amides is 1. The fourth-order valence-electron chi connectivity index (χ4n) is 5.79. The number of carbonyl (C=O) groups is 1. The fraction of sp³-hybridized carbons (Fsp3) is 0.962. The molecule has 4 aliphatic heterocycles. The van der Waals surface area contributed by atoms with Crippen LogP contribution < -0.4 is 5.32 Å². The number of aliphatic hydroxyl groups excluding tert-OH is 11. The number of rotatable bonds is 9. The number of nitrogens with one attached hydrogen (secondary N) is 1. The maximum Gasteiger partial charge on any atom is 0.217 e. The van der Waals surface area contributed by atoms with Crippen LogP contribution in [-0.4, -0.2) is 198 Å². The highest BCUT2D eigenvalue weighted by atomic mass is 16.8. The lowest BCUT2D eigenvalue weighted by atomic mass is 9.95. The van der Waals surface area contributed by atoms with Crippen LogP contribution in [0.5, 0.6) is 0 Å². The summed E-state index contributed by atoms with van der Waals surface area (Å²) in [5, 5.41) is 117. The molecule has 4 rings (SSSR count). The first-order chi connectivity index (χ1) is 21.6. The molecule has 1 amide bonds. The van der Waals surface area contributed by atoms with Crippen molar-refractivity contribution < 1.29 is 94.1 Å². The molecule has 0 aromatic carbocycles. The van der Waals surface area contributed by atoms with Gasteiger partial charge in [-0.05, 0) is 13.8 Å². The molecule has 0 saturated carbocycles. The smallest absolute Gasteiger partial charge is 0.217 e. The molecule has 0 aromatic rings. The molecule has 4 fully saturated rings. The predicted molar refractivity (Wildman–Crippen MR) is 143 cm³/mol. The third-order valence-corrected chi connectivity index (χ3v) is 8.53. The van der Waals surface area contributed by atoms with E-state index in [9.17, 15) is 61.0 Å². The largest absolute Gasteiger partial charge is 0.394 e. The van der Waals surface area contributed by atoms with E-state index in [2.05, 4.69) is 5.32 Å². The first-order valence-electron chi connectivity index (χ1n) is 14.8. The van der Waals surface area contributed by atoms with Gasteiger partial charge in [-0.15, -0.1) is 0 Å². The van der Waals surface area contributed by atoms with Crippen molar-refractivity contribution in [3.05, 3.63) is 0 Å². The summed E-state index contributed by atoms with van der Waals surface area (Å²) in [6.07, 6.45) is -31.4. The van der Waals surface area contributed by atoms with Gasteiger partial charge in [0.05, 0.1) is 25.4 Å². The highest BCUT2D eigenvalue weighted by Crippen LogP contribution is 2.35. The zero-order valence-corrected chi connectivity index (χ0v) is 25.1. The number of carbonyl (C=O) groups excluding carboxylic acids is 1. The van der Waals surface area contributed by atoms with Crippen molar-refractivity contribution >= 4 is 5.91 Å². The third kappa shape index (κ3) is 7.64. The average Bonchev–Trinajstić information content (AvgIpc) is 3.01. The molecule has 268 valence electrons. The van der Waals surface area contributed by atoms with Gasteiger partial charge >= 0.3 is 0 Å². The lowest BCUT2D eigenvalue weighted by Crippen LogP contribution is -2.69. The van der Waals surface area contributed by atoms with Crippen LogP contribution in [-0.2, 0) is 38.0 Å². The fourth-order valence-corrected chi connectivity index (χ4v) is 5.79. The van der Waals surface area contributed by atoms with Crippen molar-refractivity contribution in [2.24, 2.45) is 0 Å². The summed E-state index contributed by atoms with van der Waals surface area (Å²) in [4.78, 5) is 12.0. The van der Waals surface area contributed by atoms with Crippen LogP contribution in [0.25, 0.3) is 0 Å². The molecule has 20 nitrogen and oxygen atoms in total. The standard InChI is InChI=1S/C26H45NO19/c1-6-12(31)18(37)21(23(39)40-6)45-26-22(46-24-11(27-8(3)30)16(35)14(33)9(4-28)42-24)20(13(32)7(2)41-26)44-25-19(38)17(36)15(34)10(5-29)43-25/h6-7,9-26,28-29,31-39H,4-5H2,1-3H3,(H,27,30)/t6?,7?,9?,10-,11?,12-,13-,14+,15+,16+,17?,18-,19?,20-,21?,22?,23+,24-,25+,26-/m0/s1. The minimum absolute atomic E-state index is 0.694. The summed E-state index contributed by atoms with van der Waals surface area (Å²) in [5.74, 6) is -0.694. The van der Waals surface area contributed by atoms with Gasteiger partial charge in [-0.1, -0.05) is 0 Å². The van der Waals surface area contributed by atoms with E-state index in [-0.39, 0.29) is 0 Å². The van der Waals surface area contributed by atoms with E-state index in [4.69, 9.17) is 33.2 Å². The Labute approximate surface area is 262 Å². The molecule has 8 unspecified atom stereocenters. The lowest BCUT2D eigenvalue weighted by molar-refractivity contribution is -0.400. The molecule has 0 bridgehead atoms. The van der Waals surface area contributed by atoms with Gasteiger partial charge in [-0.25, -0.2) is 0 Å². The van der Waals surface area contributed by atoms with Gasteiger partial charge < -0.3 is 94.6 Å². The van der Waals surface area contributed by atoms with Crippen molar-refractivity contribution in [2.45, 2.75) is 144 Å². The van der Waals surface area contributed by atoms with Gasteiger partial charge in [0.2, 0.25) is 5.91 Å². The van der Waals surface area contributed by atoms with E-state index >= 15 is 0 Å². The van der Waals surface area contributed by atoms with Crippen molar-refractivity contribution in [3.63, 3.8) is 0 Å². The van der Waals surface area contributed by atoms with Crippen molar-refractivity contribution in [2.75, 3.05) is 13.2 Å². The Morgan fingerprint density at radius 2 is 1.09 bits per heavy atom. The molecule has 46 heavy (non-hydrogen) atoms. The molecule has 0 aromatic heterocycles. The van der Waals surface area contributed by atoms with E-state index in [0.717, 1.165) is 6.92 Å². The Bertz CT molecular complexity index is 995. The number of hydrogen-bond acceptors (Lipinski definition) is 19. The van der Waals surface area contributed by atoms with Gasteiger partial charge in [0.1, 0.15) is 85.4 Å². The average molecular weight is 676 g/mol. The molecule has 4 saturated heterocycles. The molecule has 20 atom stereocenters. The Balaban J connectivity index is 1.71. The van der Waals surface area contributed by atoms with E-state index in [1.807, 2.05) is 0 Å². The quantitative estimate of drug-likeness (QED) is 0.108. The molecule has 0 radical (unpaired) electrons. The summed E-state index contributed by atoms with van der Waals surface area (Å²) < 4.78 is 39.8. The maximum absolute atomic E-state index is 12.0. The van der Waals surface area contributed by atoms with Crippen LogP contribution in [0.3, 0.4) is 0 Å². The van der Waals surface area contributed by atoms with Crippen molar-refractivity contribution in [1.82, 2.24) is 5.32 Å². The Kier molecular flexibility index (Phi) is 12.7. The van der Waals surface area contributed by atoms with Gasteiger partial charge in [-0.2, -0.15) is 0 Å². The molecule has 20 heteroatoms. The second kappa shape index (κ2) is 15.5. The van der Waals surface area contributed by atoms with Gasteiger partial charge in [0.25, 0.3) is 0 Å². The lowest BCUT2D eigenvalue weighted by Gasteiger charge is -2.50. The Morgan fingerprint density at radius 1 is 0.565 bits per heavy atom. The first-order valence-corrected chi connectivity index (χ1v) is 14.8. The Hall–Kier alpha value is -1.25. The van der Waals surface area contributed by atoms with E-state index < -0.39 is 142 Å². The van der Waals surface area contributed by atoms with Crippen molar-refractivity contribution in [1.29, 1.82) is 0 Å². The molecular formula is C26H45NO19. The molecular weight excluding hydrogens is 630 g/mol. The molecule has 4 heterocycles. The summed E-state index contributed by atoms with van der Waals surface area (Å²) in [5.41, 5.74) is 0. The van der Waals surface area contributed by atoms with Gasteiger partial charge in [-0.3, -0.25) is 4.79 Å². The topological polar surface area (TPSA) is 316 Å². The maximum atomic E-state index is 12.0. The van der Waals surface area contributed by atoms with Crippen LogP contribution in [0.2, 0.25) is 0 Å². The molecule has 0 spiro atoms. The van der Waals surface area contributed by atoms with Gasteiger partial charge in [0.15, 0.2) is 25.2 Å². The number of hydrogen-bond donors (Lipinski definition) is 12. The van der Waals surface area contributed by atoms with Crippen LogP contribution in [0.4, 0.5) is 0 Å². The molecule has 4 aliphatic rings. The number of ether oxygens (including phenoxy) is 7. The number of aliphatic hydroxyl groups is 11. The van der Waals surface area contributed by atoms with E-state index in [1.165, 1.54) is 13.8 Å². The monoisotopic (exact) mass is 675 g/mol. The highest BCUT2D eigenvalue weighted by Gasteiger charge is 2.56. The first kappa shape index (κ1) is 37.6. The highest BCUT2D eigenvalue weighted by molar-refractivity contribution is 5.73. The normalized spacial score (nSPS) is 51.9. The minimum Gasteiger partial charge on any atom is -0.394 e. The summed E-state index contributed by atoms with van der Waals surface area (Å²) in [7, 11) is 0. The van der Waals surface area contributed by atoms with Crippen LogP contribution >= 0.6 is 0 Å². The predicted octanol–water partition coefficient (Wildman–Crippen LogP) is -7.55. The summed E-state index contributed by atoms with van der Waals surface area (Å²) in [6, 6.07) is -1.52. The minimum atomic E-state index is -1.94. The van der Waals surface area contributed by atoms with Gasteiger partial charge in [0, 0.05) is 6.92 Å². The zero-order valence-electron chi connectivity index (χ0n) is 25.1. The van der Waals surface area contributed by atoms with Crippen molar-refractivity contribution in [3.8, 4) is 0 Å². The summed E-state index contributed by atoms with van der Waals surface area (Å²) >= 11 is 0. The second-order valence-corrected chi connectivity index (χ2v) is 11.8. The van der Waals surface area contributed by atoms with Crippen LogP contribution in [0, 0.1) is 0 Å². The van der Waals surface area contributed by atoms with E-state index in [0.29, 0.717) is 0 Å². The third-order valence-electron chi connectivity index (χ3n) is 8.53. The molecule has 12 N–H and O–H groups in total. The second-order valence-electron chi connectivity index (χ2n) is 11.8. The Morgan fingerprint density at radius 3 is 1.67 bits per heavy atom. The van der Waals surface area contributed by atoms with Crippen LogP contribution in [0.1, 0.15) is 20.8 Å². The summed E-state index contributed by atoms with van der Waals surface area (Å²) in [6.45, 7) is 2.22. The zero-order chi connectivity index (χ0) is 34.2. The molecule has 0 aliphatic carbocycles. The van der Waals surface area contributed by atoms with E-state index in [1.54, 1.807) is 0 Å². The SMILES string of the molecule is CC(=O)NC1[C@H](OC2[C@H](OC3[C@H](O)OC(C)[C@H](O)[C@@H]3O)OC(C)[C@H](O)[C@@H]2O[C@H]2O[C@@H](CO)[C@@H](O)C(O)C2O)OC(CO)[C@@H](O)[C@@H]1O.